The van der Waals surface area contributed by atoms with Gasteiger partial charge in [0.25, 0.3) is 0 Å². The van der Waals surface area contributed by atoms with Gasteiger partial charge in [0.15, 0.2) is 0 Å². The van der Waals surface area contributed by atoms with E-state index in [1.54, 1.807) is 84.6 Å². The smallest absolute Gasteiger partial charge is 0.100 e. The largest absolute Gasteiger partial charge is 0.719 e. The van der Waals surface area contributed by atoms with Crippen molar-refractivity contribution in [2.45, 2.75) is 0 Å². The maximum absolute atomic E-state index is 9.88. The Kier molecular flexibility index (Phi) is 46.4. The molecule has 0 heterocycles. The van der Waals surface area contributed by atoms with E-state index < -0.39 is 0 Å². The molecule has 0 N–H and O–H groups in total. The van der Waals surface area contributed by atoms with Crippen LogP contribution in [-0.2, 0) is 96.8 Å². The van der Waals surface area contributed by atoms with Crippen molar-refractivity contribution >= 4 is 107 Å². The maximum atomic E-state index is 9.88. The molecule has 0 atom stereocenters. The number of carbonyl (C=O) groups excluding carboxylic acids is 6. The monoisotopic (exact) mass is 722 g/mol. The summed E-state index contributed by atoms with van der Waals surface area (Å²) in [6.45, 7) is 0. The first-order chi connectivity index (χ1) is 15.9. The van der Waals surface area contributed by atoms with Crippen LogP contribution < -0.4 is 0 Å². The van der Waals surface area contributed by atoms with Gasteiger partial charge in [0.05, 0.1) is 0 Å². The summed E-state index contributed by atoms with van der Waals surface area (Å²) in [5.74, 6) is 0. The van der Waals surface area contributed by atoms with Crippen molar-refractivity contribution < 1.29 is 49.8 Å². The molecule has 0 aliphatic carbocycles. The van der Waals surface area contributed by atoms with E-state index in [0.29, 0.717) is 0 Å². The third-order valence-corrected chi connectivity index (χ3v) is 4.38. The molecule has 0 aromatic rings. The van der Waals surface area contributed by atoms with Crippen LogP contribution in [0.1, 0.15) is 0 Å². The van der Waals surface area contributed by atoms with Crippen LogP contribution in [0, 0.1) is 0 Å². The Morgan fingerprint density at radius 2 is 0.324 bits per heavy atom. The summed E-state index contributed by atoms with van der Waals surface area (Å²) >= 11 is 25.1. The summed E-state index contributed by atoms with van der Waals surface area (Å²) in [6.07, 6.45) is 0. The Morgan fingerprint density at radius 3 is 0.324 bits per heavy atom. The normalized spacial score (nSPS) is 7.46. The summed E-state index contributed by atoms with van der Waals surface area (Å²) in [4.78, 5) is 67.4. The average molecular weight is 721 g/mol. The van der Waals surface area contributed by atoms with Gasteiger partial charge in [-0.15, -0.1) is 0 Å². The van der Waals surface area contributed by atoms with Gasteiger partial charge in [0.2, 0.25) is 0 Å². The Balaban J connectivity index is -0.0000000581. The third-order valence-electron chi connectivity index (χ3n) is 2.19. The second kappa shape index (κ2) is 32.9. The van der Waals surface area contributed by atoms with Gasteiger partial charge in [0, 0.05) is 106 Å². The number of rotatable bonds is 0. The van der Waals surface area contributed by atoms with Crippen LogP contribution in [0.4, 0.5) is 28.8 Å². The SMILES string of the molecule is CN(C)C(=O)[S-].CN(C)C(=O)[S-].CN(C)C(=O)[S-].CN(C)C(=O)[S-].CN(C)C(=O)[S-].CN(C)C(=O)[S-].[Mo]. The van der Waals surface area contributed by atoms with Crippen LogP contribution in [0.25, 0.3) is 0 Å². The van der Waals surface area contributed by atoms with Crippen molar-refractivity contribution in [3.8, 4) is 0 Å². The fourth-order valence-corrected chi connectivity index (χ4v) is 0. The van der Waals surface area contributed by atoms with Gasteiger partial charge >= 0.3 is 0 Å². The Hall–Kier alpha value is -1.17. The van der Waals surface area contributed by atoms with Gasteiger partial charge in [-0.05, 0) is 0 Å². The molecule has 0 aromatic carbocycles. The molecule has 0 spiro atoms. The number of carbonyl (C=O) groups is 6. The number of hydrogen-bond donors (Lipinski definition) is 0. The molecule has 0 aromatic heterocycles. The van der Waals surface area contributed by atoms with Gasteiger partial charge < -0.3 is 134 Å². The van der Waals surface area contributed by atoms with Crippen LogP contribution in [0.2, 0.25) is 0 Å². The van der Waals surface area contributed by atoms with Gasteiger partial charge in [0.1, 0.15) is 31.4 Å². The molecule has 12 nitrogen and oxygen atoms in total. The predicted molar refractivity (Wildman–Crippen MR) is 159 cm³/mol. The van der Waals surface area contributed by atoms with Gasteiger partial charge in [-0.1, -0.05) is 0 Å². The van der Waals surface area contributed by atoms with E-state index in [2.05, 4.69) is 75.8 Å². The van der Waals surface area contributed by atoms with E-state index in [4.69, 9.17) is 0 Å². The van der Waals surface area contributed by atoms with E-state index in [1.165, 1.54) is 29.4 Å². The molecule has 0 aliphatic heterocycles. The molecular formula is C18H36MoN6O6S6-6. The minimum absolute atomic E-state index is 0. The predicted octanol–water partition coefficient (Wildman–Crippen LogP) is 1.29. The zero-order valence-electron chi connectivity index (χ0n) is 23.0. The molecule has 0 aliphatic rings. The minimum Gasteiger partial charge on any atom is -0.719 e. The fourth-order valence-electron chi connectivity index (χ4n) is 0. The molecule has 0 saturated heterocycles. The summed E-state index contributed by atoms with van der Waals surface area (Å²) in [7, 11) is 19.4. The van der Waals surface area contributed by atoms with Crippen molar-refractivity contribution in [1.82, 2.24) is 29.4 Å². The van der Waals surface area contributed by atoms with E-state index in [-0.39, 0.29) is 52.5 Å². The summed E-state index contributed by atoms with van der Waals surface area (Å²) in [5.41, 5.74) is 0. The van der Waals surface area contributed by atoms with Crippen molar-refractivity contribution in [1.29, 1.82) is 0 Å². The molecule has 6 amide bonds. The topological polar surface area (TPSA) is 122 Å². The second-order valence-electron chi connectivity index (χ2n) is 6.96. The second-order valence-corrected chi connectivity index (χ2v) is 9.06. The molecule has 0 rings (SSSR count). The van der Waals surface area contributed by atoms with E-state index >= 15 is 0 Å². The maximum Gasteiger partial charge on any atom is 0.100 e. The van der Waals surface area contributed by atoms with E-state index in [1.807, 2.05) is 0 Å². The standard InChI is InChI=1S/6C3H7NOS.Mo/c6*1-4(2)3(5)6;/h6*1-2H3,(H,5,6);/p-6. The Morgan fingerprint density at radius 1 is 0.297 bits per heavy atom. The van der Waals surface area contributed by atoms with Crippen LogP contribution in [-0.4, -0.2) is 145 Å². The molecule has 19 heteroatoms. The summed E-state index contributed by atoms with van der Waals surface area (Å²) in [5, 5.41) is -1.94. The van der Waals surface area contributed by atoms with Gasteiger partial charge in [-0.3, -0.25) is 0 Å². The van der Waals surface area contributed by atoms with Crippen LogP contribution in [0.5, 0.6) is 0 Å². The number of nitrogens with zero attached hydrogens (tertiary/aromatic N) is 6. The molecule has 37 heavy (non-hydrogen) atoms. The first-order valence-corrected chi connectivity index (χ1v) is 11.6. The molecule has 0 saturated carbocycles. The molecular weight excluding hydrogens is 685 g/mol. The van der Waals surface area contributed by atoms with Crippen molar-refractivity contribution in [2.24, 2.45) is 0 Å². The number of amides is 6. The van der Waals surface area contributed by atoms with Crippen molar-refractivity contribution in [2.75, 3.05) is 84.6 Å². The van der Waals surface area contributed by atoms with Crippen LogP contribution >= 0.6 is 0 Å². The minimum atomic E-state index is -0.324. The number of hydrogen-bond acceptors (Lipinski definition) is 12. The molecule has 222 valence electrons. The molecule has 0 fully saturated rings. The van der Waals surface area contributed by atoms with Crippen molar-refractivity contribution in [3.63, 3.8) is 0 Å². The Labute approximate surface area is 269 Å². The molecule has 0 bridgehead atoms. The van der Waals surface area contributed by atoms with Gasteiger partial charge in [-0.25, -0.2) is 0 Å². The van der Waals surface area contributed by atoms with Crippen LogP contribution in [0.15, 0.2) is 0 Å². The fraction of sp³-hybridized carbons (Fsp3) is 0.667. The molecule has 0 unspecified atom stereocenters. The quantitative estimate of drug-likeness (QED) is 0.265. The van der Waals surface area contributed by atoms with Crippen LogP contribution in [0.3, 0.4) is 0 Å². The van der Waals surface area contributed by atoms with E-state index in [0.717, 1.165) is 0 Å². The zero-order chi connectivity index (χ0) is 30.9. The molecule has 0 radical (unpaired) electrons. The van der Waals surface area contributed by atoms with Gasteiger partial charge in [-0.2, -0.15) is 0 Å². The Bertz CT molecular complexity index is 517. The zero-order valence-corrected chi connectivity index (χ0v) is 29.9. The van der Waals surface area contributed by atoms with E-state index in [9.17, 15) is 28.8 Å². The average Bonchev–Trinajstić information content (AvgIpc) is 2.69. The summed E-state index contributed by atoms with van der Waals surface area (Å²) < 4.78 is 0. The first-order valence-electron chi connectivity index (χ1n) is 9.16. The first kappa shape index (κ1) is 52.3. The third kappa shape index (κ3) is 72.0. The summed E-state index contributed by atoms with van der Waals surface area (Å²) in [6, 6.07) is 0. The van der Waals surface area contributed by atoms with Crippen molar-refractivity contribution in [3.05, 3.63) is 0 Å².